The maximum absolute atomic E-state index is 12.5. The van der Waals surface area contributed by atoms with E-state index in [0.29, 0.717) is 37.4 Å². The highest BCUT2D eigenvalue weighted by Crippen LogP contribution is 2.30. The summed E-state index contributed by atoms with van der Waals surface area (Å²) in [7, 11) is 1.76. The summed E-state index contributed by atoms with van der Waals surface area (Å²) in [5.41, 5.74) is 3.59. The lowest BCUT2D eigenvalue weighted by molar-refractivity contribution is -0.133. The van der Waals surface area contributed by atoms with Crippen LogP contribution in [0, 0.1) is 11.3 Å². The number of rotatable bonds is 14. The van der Waals surface area contributed by atoms with E-state index in [0.717, 1.165) is 36.0 Å². The fourth-order valence-corrected chi connectivity index (χ4v) is 3.48. The molecule has 0 spiro atoms. The van der Waals surface area contributed by atoms with Crippen molar-refractivity contribution < 1.29 is 19.1 Å². The van der Waals surface area contributed by atoms with Crippen LogP contribution in [0.2, 0.25) is 0 Å². The summed E-state index contributed by atoms with van der Waals surface area (Å²) in [4.78, 5) is 23.2. The van der Waals surface area contributed by atoms with Crippen LogP contribution >= 0.6 is 0 Å². The Morgan fingerprint density at radius 1 is 1.12 bits per heavy atom. The third-order valence-electron chi connectivity index (χ3n) is 5.35. The predicted octanol–water partition coefficient (Wildman–Crippen LogP) is 4.47. The molecule has 2 aromatic carbocycles. The molecule has 7 nitrogen and oxygen atoms in total. The van der Waals surface area contributed by atoms with Crippen LogP contribution in [0.4, 0.5) is 5.69 Å². The predicted molar refractivity (Wildman–Crippen MR) is 129 cm³/mol. The van der Waals surface area contributed by atoms with Gasteiger partial charge in [0.1, 0.15) is 12.1 Å². The maximum atomic E-state index is 12.5. The molecule has 176 valence electrons. The van der Waals surface area contributed by atoms with Crippen molar-refractivity contribution in [3.05, 3.63) is 48.0 Å². The zero-order chi connectivity index (χ0) is 24.1. The van der Waals surface area contributed by atoms with Gasteiger partial charge in [0, 0.05) is 20.1 Å². The summed E-state index contributed by atoms with van der Waals surface area (Å²) in [5.74, 6) is 0.217. The van der Waals surface area contributed by atoms with Crippen LogP contribution in [0.25, 0.3) is 11.1 Å². The minimum Gasteiger partial charge on any atom is -0.427 e. The Bertz CT molecular complexity index is 938. The molecule has 2 atom stereocenters. The molecule has 33 heavy (non-hydrogen) atoms. The third-order valence-corrected chi connectivity index (χ3v) is 5.35. The van der Waals surface area contributed by atoms with Gasteiger partial charge in [0.15, 0.2) is 5.75 Å². The number of nitrogens with zero attached hydrogens (tertiary/aromatic N) is 1. The Kier molecular flexibility index (Phi) is 10.9. The monoisotopic (exact) mass is 451 g/mol. The van der Waals surface area contributed by atoms with Crippen molar-refractivity contribution in [3.63, 3.8) is 0 Å². The van der Waals surface area contributed by atoms with E-state index in [1.165, 1.54) is 0 Å². The second-order valence-electron chi connectivity index (χ2n) is 7.74. The number of nitriles is 1. The number of carbonyl (C=O) groups excluding carboxylic acids is 2. The van der Waals surface area contributed by atoms with E-state index in [1.807, 2.05) is 43.3 Å². The van der Waals surface area contributed by atoms with E-state index in [-0.39, 0.29) is 5.91 Å². The van der Waals surface area contributed by atoms with E-state index in [1.54, 1.807) is 13.1 Å². The lowest BCUT2D eigenvalue weighted by Gasteiger charge is -2.18. The maximum Gasteiger partial charge on any atom is 0.298 e. The van der Waals surface area contributed by atoms with Gasteiger partial charge in [-0.25, -0.2) is 0 Å². The molecule has 0 aliphatic heterocycles. The van der Waals surface area contributed by atoms with Crippen molar-refractivity contribution in [2.45, 2.75) is 58.1 Å². The van der Waals surface area contributed by atoms with Crippen LogP contribution in [0.15, 0.2) is 42.5 Å². The number of anilines is 1. The molecular weight excluding hydrogens is 418 g/mol. The molecule has 0 aliphatic rings. The van der Waals surface area contributed by atoms with Crippen molar-refractivity contribution in [2.24, 2.45) is 0 Å². The van der Waals surface area contributed by atoms with E-state index in [2.05, 4.69) is 23.6 Å². The molecule has 2 aromatic rings. The van der Waals surface area contributed by atoms with Gasteiger partial charge in [-0.05, 0) is 41.7 Å². The summed E-state index contributed by atoms with van der Waals surface area (Å²) in [5, 5.41) is 15.4. The van der Waals surface area contributed by atoms with E-state index in [4.69, 9.17) is 9.47 Å². The quantitative estimate of drug-likeness (QED) is 0.325. The zero-order valence-electron chi connectivity index (χ0n) is 19.6. The highest BCUT2D eigenvalue weighted by Gasteiger charge is 2.20. The van der Waals surface area contributed by atoms with Gasteiger partial charge >= 0.3 is 0 Å². The molecule has 2 unspecified atom stereocenters. The zero-order valence-corrected chi connectivity index (χ0v) is 19.6. The molecule has 1 amide bonds. The van der Waals surface area contributed by atoms with E-state index < -0.39 is 12.1 Å². The molecule has 0 aromatic heterocycles. The standard InChI is InChI=1S/C26H33N3O4/c1-4-6-7-14-32-24(5-2)26(31)29-22(17-27)15-19-8-10-20(11-9-19)21-12-13-25(33-18-30)23(16-21)28-3/h8-13,16,18,22,24,28H,4-7,14-15H2,1-3H3,(H,29,31). The molecule has 0 radical (unpaired) electrons. The van der Waals surface area contributed by atoms with Gasteiger partial charge in [-0.3, -0.25) is 9.59 Å². The van der Waals surface area contributed by atoms with Gasteiger partial charge in [0.2, 0.25) is 5.91 Å². The minimum atomic E-state index is -0.632. The van der Waals surface area contributed by atoms with Gasteiger partial charge in [-0.15, -0.1) is 0 Å². The first-order chi connectivity index (χ1) is 16.1. The number of amides is 1. The molecule has 0 fully saturated rings. The van der Waals surface area contributed by atoms with Gasteiger partial charge < -0.3 is 20.1 Å². The molecule has 0 saturated carbocycles. The summed E-state index contributed by atoms with van der Waals surface area (Å²) < 4.78 is 10.7. The Balaban J connectivity index is 2.00. The number of ether oxygens (including phenoxy) is 2. The summed E-state index contributed by atoms with van der Waals surface area (Å²) in [6, 6.07) is 14.9. The fraction of sp³-hybridized carbons (Fsp3) is 0.423. The molecule has 2 rings (SSSR count). The number of nitrogens with one attached hydrogen (secondary N) is 2. The number of unbranched alkanes of at least 4 members (excludes halogenated alkanes) is 2. The van der Waals surface area contributed by atoms with Crippen LogP contribution in [0.3, 0.4) is 0 Å². The Morgan fingerprint density at radius 2 is 1.85 bits per heavy atom. The van der Waals surface area contributed by atoms with Crippen LogP contribution in [0.5, 0.6) is 5.75 Å². The second-order valence-corrected chi connectivity index (χ2v) is 7.74. The molecule has 0 aliphatic carbocycles. The van der Waals surface area contributed by atoms with E-state index >= 15 is 0 Å². The molecular formula is C26H33N3O4. The van der Waals surface area contributed by atoms with Crippen LogP contribution < -0.4 is 15.4 Å². The first-order valence-corrected chi connectivity index (χ1v) is 11.4. The van der Waals surface area contributed by atoms with Crippen LogP contribution in [-0.2, 0) is 20.7 Å². The van der Waals surface area contributed by atoms with Gasteiger partial charge in [-0.2, -0.15) is 5.26 Å². The second kappa shape index (κ2) is 13.9. The normalized spacial score (nSPS) is 12.3. The molecule has 2 N–H and O–H groups in total. The molecule has 0 bridgehead atoms. The first kappa shape index (κ1) is 25.9. The van der Waals surface area contributed by atoms with Crippen molar-refractivity contribution in [2.75, 3.05) is 19.0 Å². The van der Waals surface area contributed by atoms with Crippen LogP contribution in [-0.4, -0.2) is 38.2 Å². The van der Waals surface area contributed by atoms with Crippen molar-refractivity contribution >= 4 is 18.1 Å². The van der Waals surface area contributed by atoms with Gasteiger partial charge in [0.25, 0.3) is 6.47 Å². The summed E-state index contributed by atoms with van der Waals surface area (Å²) >= 11 is 0. The minimum absolute atomic E-state index is 0.241. The number of benzene rings is 2. The Labute approximate surface area is 196 Å². The number of hydrogen-bond acceptors (Lipinski definition) is 6. The largest absolute Gasteiger partial charge is 0.427 e. The SMILES string of the molecule is CCCCCOC(CC)C(=O)NC(C#N)Cc1ccc(-c2ccc(OC=O)c(NC)c2)cc1. The fourth-order valence-electron chi connectivity index (χ4n) is 3.48. The molecule has 7 heteroatoms. The highest BCUT2D eigenvalue weighted by molar-refractivity contribution is 5.81. The number of hydrogen-bond donors (Lipinski definition) is 2. The summed E-state index contributed by atoms with van der Waals surface area (Å²) in [6.45, 7) is 4.97. The molecule has 0 saturated heterocycles. The Hall–Kier alpha value is -3.37. The van der Waals surface area contributed by atoms with Gasteiger partial charge in [-0.1, -0.05) is 57.0 Å². The number of carbonyl (C=O) groups is 2. The van der Waals surface area contributed by atoms with E-state index in [9.17, 15) is 14.9 Å². The smallest absolute Gasteiger partial charge is 0.298 e. The third kappa shape index (κ3) is 7.92. The highest BCUT2D eigenvalue weighted by atomic mass is 16.5. The van der Waals surface area contributed by atoms with Crippen molar-refractivity contribution in [1.29, 1.82) is 5.26 Å². The lowest BCUT2D eigenvalue weighted by Crippen LogP contribution is -2.42. The van der Waals surface area contributed by atoms with Crippen molar-refractivity contribution in [3.8, 4) is 22.9 Å². The lowest BCUT2D eigenvalue weighted by atomic mass is 10.00. The van der Waals surface area contributed by atoms with Gasteiger partial charge in [0.05, 0.1) is 11.8 Å². The topological polar surface area (TPSA) is 100 Å². The average Bonchev–Trinajstić information content (AvgIpc) is 2.84. The molecule has 0 heterocycles. The van der Waals surface area contributed by atoms with Crippen molar-refractivity contribution in [1.82, 2.24) is 5.32 Å². The summed E-state index contributed by atoms with van der Waals surface area (Å²) in [6.07, 6.45) is 3.53. The Morgan fingerprint density at radius 3 is 2.45 bits per heavy atom. The first-order valence-electron chi connectivity index (χ1n) is 11.4. The average molecular weight is 452 g/mol. The van der Waals surface area contributed by atoms with Crippen LogP contribution in [0.1, 0.15) is 45.1 Å².